The van der Waals surface area contributed by atoms with Crippen LogP contribution in [0.25, 0.3) is 0 Å². The van der Waals surface area contributed by atoms with Crippen molar-refractivity contribution in [3.63, 3.8) is 0 Å². The molecule has 2 atom stereocenters. The summed E-state index contributed by atoms with van der Waals surface area (Å²) in [6, 6.07) is 0.533. The summed E-state index contributed by atoms with van der Waals surface area (Å²) in [7, 11) is 2.12. The summed E-state index contributed by atoms with van der Waals surface area (Å²) < 4.78 is 5.71. The van der Waals surface area contributed by atoms with Crippen LogP contribution in [0.1, 0.15) is 52.4 Å². The Morgan fingerprint density at radius 2 is 1.79 bits per heavy atom. The van der Waals surface area contributed by atoms with Gasteiger partial charge in [0.25, 0.3) is 0 Å². The van der Waals surface area contributed by atoms with Gasteiger partial charge in [0.05, 0.1) is 6.61 Å². The highest BCUT2D eigenvalue weighted by Crippen LogP contribution is 2.30. The molecule has 0 spiro atoms. The van der Waals surface area contributed by atoms with Crippen molar-refractivity contribution in [3.8, 4) is 0 Å². The summed E-state index contributed by atoms with van der Waals surface area (Å²) in [5, 5.41) is 3.61. The van der Waals surface area contributed by atoms with Crippen LogP contribution < -0.4 is 5.32 Å². The lowest BCUT2D eigenvalue weighted by atomic mass is 9.80. The summed E-state index contributed by atoms with van der Waals surface area (Å²) >= 11 is 0. The molecule has 1 N–H and O–H groups in total. The fourth-order valence-electron chi connectivity index (χ4n) is 4.04. The third-order valence-electron chi connectivity index (χ3n) is 5.16. The number of rotatable bonds is 4. The number of likely N-dealkylation sites (tertiary alicyclic amines) is 1. The molecule has 0 radical (unpaired) electrons. The van der Waals surface area contributed by atoms with Crippen LogP contribution in [0.15, 0.2) is 0 Å². The van der Waals surface area contributed by atoms with E-state index < -0.39 is 0 Å². The average Bonchev–Trinajstić information content (AvgIpc) is 2.70. The van der Waals surface area contributed by atoms with Crippen LogP contribution in [0.4, 0.5) is 0 Å². The van der Waals surface area contributed by atoms with Gasteiger partial charge in [0.15, 0.2) is 0 Å². The zero-order valence-corrected chi connectivity index (χ0v) is 13.1. The SMILES string of the molecule is CNC(C1CCCOC1)C(C)(C)N1CCCCCC1. The van der Waals surface area contributed by atoms with Gasteiger partial charge in [-0.3, -0.25) is 4.90 Å². The topological polar surface area (TPSA) is 24.5 Å². The van der Waals surface area contributed by atoms with Crippen molar-refractivity contribution in [2.75, 3.05) is 33.4 Å². The molecule has 3 heteroatoms. The molecule has 0 saturated carbocycles. The first-order chi connectivity index (χ1) is 9.16. The predicted octanol–water partition coefficient (Wildman–Crippen LogP) is 2.66. The van der Waals surface area contributed by atoms with E-state index in [0.29, 0.717) is 12.0 Å². The molecule has 0 aromatic rings. The number of nitrogens with one attached hydrogen (secondary N) is 1. The second kappa shape index (κ2) is 7.05. The van der Waals surface area contributed by atoms with Crippen LogP contribution >= 0.6 is 0 Å². The highest BCUT2D eigenvalue weighted by atomic mass is 16.5. The highest BCUT2D eigenvalue weighted by molar-refractivity contribution is 4.97. The maximum absolute atomic E-state index is 5.71. The third-order valence-corrected chi connectivity index (χ3v) is 5.16. The van der Waals surface area contributed by atoms with Crippen LogP contribution in [0.2, 0.25) is 0 Å². The van der Waals surface area contributed by atoms with E-state index >= 15 is 0 Å². The molecule has 0 aromatic carbocycles. The van der Waals surface area contributed by atoms with Gasteiger partial charge in [0.2, 0.25) is 0 Å². The van der Waals surface area contributed by atoms with Crippen molar-refractivity contribution in [1.29, 1.82) is 0 Å². The molecule has 19 heavy (non-hydrogen) atoms. The van der Waals surface area contributed by atoms with Crippen LogP contribution in [-0.2, 0) is 4.74 Å². The maximum atomic E-state index is 5.71. The quantitative estimate of drug-likeness (QED) is 0.848. The van der Waals surface area contributed by atoms with Crippen LogP contribution in [0, 0.1) is 5.92 Å². The first kappa shape index (κ1) is 15.3. The van der Waals surface area contributed by atoms with E-state index in [0.717, 1.165) is 13.2 Å². The van der Waals surface area contributed by atoms with Gasteiger partial charge in [-0.05, 0) is 65.6 Å². The largest absolute Gasteiger partial charge is 0.381 e. The molecule has 2 heterocycles. The van der Waals surface area contributed by atoms with Crippen molar-refractivity contribution in [1.82, 2.24) is 10.2 Å². The Bertz CT molecular complexity index is 253. The first-order valence-corrected chi connectivity index (χ1v) is 8.16. The van der Waals surface area contributed by atoms with E-state index in [4.69, 9.17) is 4.74 Å². The lowest BCUT2D eigenvalue weighted by Gasteiger charge is -2.47. The van der Waals surface area contributed by atoms with Gasteiger partial charge in [-0.25, -0.2) is 0 Å². The molecule has 2 saturated heterocycles. The normalized spacial score (nSPS) is 28.9. The molecule has 112 valence electrons. The number of hydrogen-bond acceptors (Lipinski definition) is 3. The summed E-state index contributed by atoms with van der Waals surface area (Å²) in [6.07, 6.45) is 8.07. The Morgan fingerprint density at radius 1 is 1.11 bits per heavy atom. The van der Waals surface area contributed by atoms with E-state index in [1.807, 2.05) is 0 Å². The molecular weight excluding hydrogens is 236 g/mol. The van der Waals surface area contributed by atoms with Gasteiger partial charge in [-0.15, -0.1) is 0 Å². The molecule has 2 rings (SSSR count). The summed E-state index contributed by atoms with van der Waals surface area (Å²) in [4.78, 5) is 2.72. The standard InChI is InChI=1S/C16H32N2O/c1-16(2,18-10-6-4-5-7-11-18)15(17-3)14-9-8-12-19-13-14/h14-15,17H,4-13H2,1-3H3. The number of likely N-dealkylation sites (N-methyl/N-ethyl adjacent to an activating group) is 1. The minimum atomic E-state index is 0.227. The van der Waals surface area contributed by atoms with E-state index in [9.17, 15) is 0 Å². The van der Waals surface area contributed by atoms with Crippen molar-refractivity contribution in [2.24, 2.45) is 5.92 Å². The molecular formula is C16H32N2O. The minimum Gasteiger partial charge on any atom is -0.381 e. The Hall–Kier alpha value is -0.120. The van der Waals surface area contributed by atoms with E-state index in [1.54, 1.807) is 0 Å². The minimum absolute atomic E-state index is 0.227. The summed E-state index contributed by atoms with van der Waals surface area (Å²) in [5.41, 5.74) is 0.227. The zero-order chi connectivity index (χ0) is 13.7. The van der Waals surface area contributed by atoms with E-state index in [2.05, 4.69) is 31.1 Å². The van der Waals surface area contributed by atoms with Crippen molar-refractivity contribution < 1.29 is 4.74 Å². The summed E-state index contributed by atoms with van der Waals surface area (Å²) in [6.45, 7) is 9.26. The number of nitrogens with zero attached hydrogens (tertiary/aromatic N) is 1. The van der Waals surface area contributed by atoms with Gasteiger partial charge < -0.3 is 10.1 Å². The fraction of sp³-hybridized carbons (Fsp3) is 1.00. The Kier molecular flexibility index (Phi) is 5.67. The molecule has 2 fully saturated rings. The lowest BCUT2D eigenvalue weighted by molar-refractivity contribution is -0.00537. The third kappa shape index (κ3) is 3.71. The zero-order valence-electron chi connectivity index (χ0n) is 13.1. The highest BCUT2D eigenvalue weighted by Gasteiger charge is 2.39. The monoisotopic (exact) mass is 268 g/mol. The second-order valence-corrected chi connectivity index (χ2v) is 6.80. The lowest BCUT2D eigenvalue weighted by Crippen LogP contribution is -2.61. The van der Waals surface area contributed by atoms with E-state index in [1.165, 1.54) is 51.6 Å². The maximum Gasteiger partial charge on any atom is 0.0509 e. The predicted molar refractivity (Wildman–Crippen MR) is 80.5 cm³/mol. The van der Waals surface area contributed by atoms with Crippen molar-refractivity contribution >= 4 is 0 Å². The van der Waals surface area contributed by atoms with Gasteiger partial charge >= 0.3 is 0 Å². The molecule has 2 aliphatic rings. The molecule has 0 aliphatic carbocycles. The van der Waals surface area contributed by atoms with Crippen LogP contribution in [-0.4, -0.2) is 49.8 Å². The van der Waals surface area contributed by atoms with Crippen LogP contribution in [0.3, 0.4) is 0 Å². The Balaban J connectivity index is 2.04. The van der Waals surface area contributed by atoms with Gasteiger partial charge in [0.1, 0.15) is 0 Å². The molecule has 0 bridgehead atoms. The molecule has 3 nitrogen and oxygen atoms in total. The molecule has 0 aromatic heterocycles. The smallest absolute Gasteiger partial charge is 0.0509 e. The van der Waals surface area contributed by atoms with E-state index in [-0.39, 0.29) is 5.54 Å². The molecule has 2 unspecified atom stereocenters. The van der Waals surface area contributed by atoms with Gasteiger partial charge in [0, 0.05) is 18.2 Å². The van der Waals surface area contributed by atoms with Crippen molar-refractivity contribution in [2.45, 2.75) is 64.0 Å². The first-order valence-electron chi connectivity index (χ1n) is 8.16. The molecule has 2 aliphatic heterocycles. The second-order valence-electron chi connectivity index (χ2n) is 6.80. The summed E-state index contributed by atoms with van der Waals surface area (Å²) in [5.74, 6) is 0.664. The Labute approximate surface area is 119 Å². The van der Waals surface area contributed by atoms with Gasteiger partial charge in [-0.2, -0.15) is 0 Å². The van der Waals surface area contributed by atoms with Crippen molar-refractivity contribution in [3.05, 3.63) is 0 Å². The van der Waals surface area contributed by atoms with Crippen LogP contribution in [0.5, 0.6) is 0 Å². The van der Waals surface area contributed by atoms with Gasteiger partial charge in [-0.1, -0.05) is 12.8 Å². The fourth-order valence-corrected chi connectivity index (χ4v) is 4.04. The number of hydrogen-bond donors (Lipinski definition) is 1. The number of ether oxygens (including phenoxy) is 1. The average molecular weight is 268 g/mol. The molecule has 0 amide bonds. The Morgan fingerprint density at radius 3 is 2.32 bits per heavy atom.